The molecular weight excluding hydrogens is 270 g/mol. The predicted octanol–water partition coefficient (Wildman–Crippen LogP) is 4.56. The molecule has 0 spiro atoms. The molecule has 2 nitrogen and oxygen atoms in total. The summed E-state index contributed by atoms with van der Waals surface area (Å²) >= 11 is 0. The van der Waals surface area contributed by atoms with Gasteiger partial charge in [-0.1, -0.05) is 18.2 Å². The van der Waals surface area contributed by atoms with Crippen LogP contribution in [0.15, 0.2) is 30.3 Å². The Morgan fingerprint density at radius 3 is 2.19 bits per heavy atom. The summed E-state index contributed by atoms with van der Waals surface area (Å²) in [5, 5.41) is 9.23. The van der Waals surface area contributed by atoms with E-state index in [1.807, 2.05) is 32.6 Å². The van der Waals surface area contributed by atoms with Gasteiger partial charge in [-0.3, -0.25) is 5.41 Å². The van der Waals surface area contributed by atoms with E-state index in [2.05, 4.69) is 0 Å². The number of halogens is 2. The van der Waals surface area contributed by atoms with Crippen molar-refractivity contribution in [1.29, 1.82) is 5.41 Å². The molecule has 4 heteroatoms. The molecule has 0 saturated carbocycles. The lowest BCUT2D eigenvalue weighted by molar-refractivity contribution is 0.291. The third kappa shape index (κ3) is 2.89. The van der Waals surface area contributed by atoms with Crippen LogP contribution < -0.4 is 0 Å². The number of hydrogen-bond acceptors (Lipinski definition) is 1. The summed E-state index contributed by atoms with van der Waals surface area (Å²) in [6.07, 6.45) is 0. The minimum atomic E-state index is -0.624. The highest BCUT2D eigenvalue weighted by Gasteiger charge is 2.20. The summed E-state index contributed by atoms with van der Waals surface area (Å²) in [6.45, 7) is 8.00. The standard InChI is InChI=1S/C17H20F2N2/c1-10(2)21(11(3)4)17(20)14-7-5-6-13-15(14)8-12(18)9-16(13)19/h5-11,20H,1-4H3. The van der Waals surface area contributed by atoms with Crippen LogP contribution in [0.4, 0.5) is 8.78 Å². The Morgan fingerprint density at radius 1 is 1.00 bits per heavy atom. The van der Waals surface area contributed by atoms with Gasteiger partial charge in [0, 0.05) is 29.1 Å². The molecule has 0 aliphatic carbocycles. The van der Waals surface area contributed by atoms with Crippen molar-refractivity contribution >= 4 is 16.6 Å². The Hall–Kier alpha value is -1.97. The lowest BCUT2D eigenvalue weighted by atomic mass is 10.0. The minimum absolute atomic E-state index is 0.131. The third-order valence-corrected chi connectivity index (χ3v) is 3.54. The largest absolute Gasteiger partial charge is 0.352 e. The van der Waals surface area contributed by atoms with Gasteiger partial charge in [0.05, 0.1) is 0 Å². The molecule has 0 aromatic heterocycles. The lowest BCUT2D eigenvalue weighted by Gasteiger charge is -2.33. The van der Waals surface area contributed by atoms with Gasteiger partial charge in [0.15, 0.2) is 0 Å². The molecule has 0 heterocycles. The molecule has 2 aromatic rings. The summed E-state index contributed by atoms with van der Waals surface area (Å²) in [5.74, 6) is -0.934. The van der Waals surface area contributed by atoms with Crippen molar-refractivity contribution in [3.63, 3.8) is 0 Å². The number of amidine groups is 1. The van der Waals surface area contributed by atoms with Crippen LogP contribution in [-0.2, 0) is 0 Å². The maximum atomic E-state index is 13.9. The minimum Gasteiger partial charge on any atom is -0.352 e. The van der Waals surface area contributed by atoms with Gasteiger partial charge in [0.2, 0.25) is 0 Å². The number of benzene rings is 2. The quantitative estimate of drug-likeness (QED) is 0.651. The zero-order chi connectivity index (χ0) is 15.7. The van der Waals surface area contributed by atoms with Crippen LogP contribution in [0, 0.1) is 17.0 Å². The first-order valence-electron chi connectivity index (χ1n) is 7.08. The first-order valence-corrected chi connectivity index (χ1v) is 7.08. The first kappa shape index (κ1) is 15.4. The van der Waals surface area contributed by atoms with Crippen LogP contribution >= 0.6 is 0 Å². The Kier molecular flexibility index (Phi) is 4.26. The van der Waals surface area contributed by atoms with Gasteiger partial charge >= 0.3 is 0 Å². The van der Waals surface area contributed by atoms with E-state index in [0.717, 1.165) is 6.07 Å². The first-order chi connectivity index (χ1) is 9.82. The van der Waals surface area contributed by atoms with E-state index in [0.29, 0.717) is 16.3 Å². The molecule has 112 valence electrons. The Labute approximate surface area is 123 Å². The molecule has 0 amide bonds. The maximum Gasteiger partial charge on any atom is 0.133 e. The second kappa shape index (κ2) is 5.80. The number of nitrogens with zero attached hydrogens (tertiary/aromatic N) is 1. The third-order valence-electron chi connectivity index (χ3n) is 3.54. The van der Waals surface area contributed by atoms with Crippen LogP contribution in [0.25, 0.3) is 10.8 Å². The van der Waals surface area contributed by atoms with Crippen LogP contribution in [0.2, 0.25) is 0 Å². The van der Waals surface area contributed by atoms with E-state index in [1.54, 1.807) is 18.2 Å². The van der Waals surface area contributed by atoms with Crippen molar-refractivity contribution < 1.29 is 8.78 Å². The zero-order valence-corrected chi connectivity index (χ0v) is 12.7. The summed E-state index contributed by atoms with van der Waals surface area (Å²) in [7, 11) is 0. The SMILES string of the molecule is CC(C)N(C(=N)c1cccc2c(F)cc(F)cc12)C(C)C. The van der Waals surface area contributed by atoms with Crippen molar-refractivity contribution in [2.75, 3.05) is 0 Å². The van der Waals surface area contributed by atoms with Crippen LogP contribution in [-0.4, -0.2) is 22.8 Å². The van der Waals surface area contributed by atoms with Crippen molar-refractivity contribution in [3.8, 4) is 0 Å². The van der Waals surface area contributed by atoms with Crippen LogP contribution in [0.1, 0.15) is 33.3 Å². The van der Waals surface area contributed by atoms with E-state index in [1.165, 1.54) is 6.07 Å². The van der Waals surface area contributed by atoms with Crippen LogP contribution in [0.3, 0.4) is 0 Å². The molecule has 21 heavy (non-hydrogen) atoms. The summed E-state index contributed by atoms with van der Waals surface area (Å²) in [5.41, 5.74) is 0.549. The van der Waals surface area contributed by atoms with Gasteiger partial charge in [-0.05, 0) is 39.1 Å². The van der Waals surface area contributed by atoms with Crippen molar-refractivity contribution in [2.24, 2.45) is 0 Å². The molecule has 0 fully saturated rings. The molecule has 1 N–H and O–H groups in total. The van der Waals surface area contributed by atoms with Gasteiger partial charge in [-0.15, -0.1) is 0 Å². The average molecular weight is 290 g/mol. The summed E-state index contributed by atoms with van der Waals surface area (Å²) in [4.78, 5) is 1.93. The fraction of sp³-hybridized carbons (Fsp3) is 0.353. The number of rotatable bonds is 3. The Bertz CT molecular complexity index is 670. The normalized spacial score (nSPS) is 11.4. The smallest absolute Gasteiger partial charge is 0.133 e. The molecule has 0 radical (unpaired) electrons. The summed E-state index contributed by atoms with van der Waals surface area (Å²) in [6, 6.07) is 7.47. The fourth-order valence-corrected chi connectivity index (χ4v) is 2.77. The lowest BCUT2D eigenvalue weighted by Crippen LogP contribution is -2.42. The average Bonchev–Trinajstić information content (AvgIpc) is 2.36. The van der Waals surface area contributed by atoms with E-state index in [-0.39, 0.29) is 17.9 Å². The fourth-order valence-electron chi connectivity index (χ4n) is 2.77. The highest BCUT2D eigenvalue weighted by molar-refractivity contribution is 6.08. The molecule has 2 aromatic carbocycles. The van der Waals surface area contributed by atoms with E-state index >= 15 is 0 Å². The predicted molar refractivity (Wildman–Crippen MR) is 82.8 cm³/mol. The van der Waals surface area contributed by atoms with E-state index in [4.69, 9.17) is 5.41 Å². The maximum absolute atomic E-state index is 13.9. The second-order valence-electron chi connectivity index (χ2n) is 5.73. The Balaban J connectivity index is 2.64. The molecular formula is C17H20F2N2. The van der Waals surface area contributed by atoms with Gasteiger partial charge < -0.3 is 4.90 Å². The Morgan fingerprint density at radius 2 is 1.62 bits per heavy atom. The van der Waals surface area contributed by atoms with Crippen molar-refractivity contribution in [3.05, 3.63) is 47.5 Å². The molecule has 0 atom stereocenters. The highest BCUT2D eigenvalue weighted by atomic mass is 19.1. The number of hydrogen-bond donors (Lipinski definition) is 1. The van der Waals surface area contributed by atoms with Gasteiger partial charge in [-0.25, -0.2) is 8.78 Å². The number of fused-ring (bicyclic) bond motifs is 1. The number of nitrogens with one attached hydrogen (secondary N) is 1. The highest BCUT2D eigenvalue weighted by Crippen LogP contribution is 2.25. The zero-order valence-electron chi connectivity index (χ0n) is 12.7. The monoisotopic (exact) mass is 290 g/mol. The molecule has 0 bridgehead atoms. The van der Waals surface area contributed by atoms with Crippen LogP contribution in [0.5, 0.6) is 0 Å². The van der Waals surface area contributed by atoms with Crippen molar-refractivity contribution in [1.82, 2.24) is 4.90 Å². The van der Waals surface area contributed by atoms with E-state index < -0.39 is 11.6 Å². The molecule has 0 unspecified atom stereocenters. The van der Waals surface area contributed by atoms with Gasteiger partial charge in [-0.2, -0.15) is 0 Å². The van der Waals surface area contributed by atoms with Crippen molar-refractivity contribution in [2.45, 2.75) is 39.8 Å². The van der Waals surface area contributed by atoms with E-state index in [9.17, 15) is 8.78 Å². The molecule has 0 aliphatic heterocycles. The summed E-state index contributed by atoms with van der Waals surface area (Å²) < 4.78 is 27.4. The van der Waals surface area contributed by atoms with Gasteiger partial charge in [0.25, 0.3) is 0 Å². The molecule has 2 rings (SSSR count). The molecule has 0 aliphatic rings. The molecule has 0 saturated heterocycles. The second-order valence-corrected chi connectivity index (χ2v) is 5.73. The van der Waals surface area contributed by atoms with Gasteiger partial charge in [0.1, 0.15) is 17.5 Å². The topological polar surface area (TPSA) is 27.1 Å².